The van der Waals surface area contributed by atoms with Gasteiger partial charge in [-0.05, 0) is 51.0 Å². The van der Waals surface area contributed by atoms with Crippen molar-refractivity contribution in [3.8, 4) is 0 Å². The van der Waals surface area contributed by atoms with Crippen LogP contribution in [0.3, 0.4) is 0 Å². The highest BCUT2D eigenvalue weighted by Gasteiger charge is 2.58. The van der Waals surface area contributed by atoms with Crippen molar-refractivity contribution < 1.29 is 13.2 Å². The molecule has 3 rings (SSSR count). The topological polar surface area (TPSA) is 80.5 Å². The fourth-order valence-corrected chi connectivity index (χ4v) is 6.16. The van der Waals surface area contributed by atoms with Gasteiger partial charge in [0, 0.05) is 13.1 Å². The van der Waals surface area contributed by atoms with Crippen LogP contribution in [0.15, 0.2) is 24.3 Å². The van der Waals surface area contributed by atoms with Crippen LogP contribution in [0, 0.1) is 11.3 Å². The molecule has 2 atom stereocenters. The molecule has 2 unspecified atom stereocenters. The van der Waals surface area contributed by atoms with Crippen molar-refractivity contribution in [2.24, 2.45) is 17.1 Å². The van der Waals surface area contributed by atoms with Gasteiger partial charge in [-0.3, -0.25) is 9.69 Å². The molecular weight excluding hydrogens is 312 g/mol. The summed E-state index contributed by atoms with van der Waals surface area (Å²) in [5.74, 6) is -1.42. The van der Waals surface area contributed by atoms with E-state index in [1.54, 1.807) is 38.2 Å². The van der Waals surface area contributed by atoms with Crippen LogP contribution < -0.4 is 5.73 Å². The van der Waals surface area contributed by atoms with Gasteiger partial charge in [-0.25, -0.2) is 8.42 Å². The van der Waals surface area contributed by atoms with Crippen LogP contribution in [0.1, 0.15) is 39.5 Å². The Morgan fingerprint density at radius 2 is 1.78 bits per heavy atom. The summed E-state index contributed by atoms with van der Waals surface area (Å²) in [5, 5.41) is -0.572. The Balaban J connectivity index is 2.05. The molecule has 2 aliphatic carbocycles. The lowest BCUT2D eigenvalue weighted by atomic mass is 9.87. The van der Waals surface area contributed by atoms with Crippen molar-refractivity contribution in [1.82, 2.24) is 4.90 Å². The van der Waals surface area contributed by atoms with Crippen molar-refractivity contribution in [1.29, 1.82) is 0 Å². The van der Waals surface area contributed by atoms with E-state index in [2.05, 4.69) is 0 Å². The number of carbonyl (C=O) groups excluding carboxylic acids is 1. The van der Waals surface area contributed by atoms with Gasteiger partial charge < -0.3 is 5.73 Å². The minimum atomic E-state index is -3.59. The van der Waals surface area contributed by atoms with Crippen molar-refractivity contribution in [2.75, 3.05) is 13.1 Å². The number of piperidine rings is 1. The number of sulfone groups is 1. The van der Waals surface area contributed by atoms with Crippen molar-refractivity contribution in [3.63, 3.8) is 0 Å². The number of hydrogen-bond donors (Lipinski definition) is 1. The highest BCUT2D eigenvalue weighted by molar-refractivity contribution is 7.93. The van der Waals surface area contributed by atoms with E-state index in [1.807, 2.05) is 4.90 Å². The molecule has 3 aliphatic rings. The standard InChI is InChI=1S/C17H26N2O3S/c1-13(2)23(21,22)17(6-4-3-5-14(17)15(18)20)19-11-9-16(7-8-16)10-12-19/h3-6,13-14H,7-12H2,1-2H3,(H2,18,20). The second-order valence-corrected chi connectivity index (χ2v) is 10.1. The number of amides is 1. The number of primary amides is 1. The van der Waals surface area contributed by atoms with Crippen molar-refractivity contribution in [2.45, 2.75) is 49.7 Å². The summed E-state index contributed by atoms with van der Waals surface area (Å²) in [6.07, 6.45) is 11.3. The first kappa shape index (κ1) is 16.7. The normalized spacial score (nSPS) is 33.3. The molecule has 128 valence electrons. The first-order chi connectivity index (χ1) is 10.8. The highest BCUT2D eigenvalue weighted by atomic mass is 32.2. The number of hydrogen-bond acceptors (Lipinski definition) is 4. The first-order valence-corrected chi connectivity index (χ1v) is 9.94. The van der Waals surface area contributed by atoms with Crippen LogP contribution in [-0.4, -0.2) is 42.4 Å². The van der Waals surface area contributed by atoms with Gasteiger partial charge in [0.2, 0.25) is 5.91 Å². The Hall–Kier alpha value is -1.14. The fourth-order valence-electron chi connectivity index (χ4n) is 4.05. The Labute approximate surface area is 138 Å². The van der Waals surface area contributed by atoms with Crippen LogP contribution in [0.25, 0.3) is 0 Å². The summed E-state index contributed by atoms with van der Waals surface area (Å²) in [6, 6.07) is 0. The second kappa shape index (κ2) is 5.45. The smallest absolute Gasteiger partial charge is 0.227 e. The van der Waals surface area contributed by atoms with Gasteiger partial charge in [-0.15, -0.1) is 0 Å². The van der Waals surface area contributed by atoms with Crippen LogP contribution >= 0.6 is 0 Å². The zero-order chi connectivity index (χ0) is 16.9. The predicted molar refractivity (Wildman–Crippen MR) is 90.2 cm³/mol. The quantitative estimate of drug-likeness (QED) is 0.844. The zero-order valence-electron chi connectivity index (χ0n) is 13.9. The summed E-state index contributed by atoms with van der Waals surface area (Å²) < 4.78 is 26.5. The summed E-state index contributed by atoms with van der Waals surface area (Å²) in [6.45, 7) is 4.75. The van der Waals surface area contributed by atoms with E-state index in [0.717, 1.165) is 12.8 Å². The van der Waals surface area contributed by atoms with Crippen LogP contribution in [-0.2, 0) is 14.6 Å². The molecule has 1 spiro atoms. The van der Waals surface area contributed by atoms with E-state index in [0.29, 0.717) is 18.5 Å². The molecule has 6 heteroatoms. The molecule has 2 N–H and O–H groups in total. The molecule has 2 fully saturated rings. The van der Waals surface area contributed by atoms with Crippen LogP contribution in [0.2, 0.25) is 0 Å². The Morgan fingerprint density at radius 3 is 2.26 bits per heavy atom. The lowest BCUT2D eigenvalue weighted by Crippen LogP contribution is -2.64. The lowest BCUT2D eigenvalue weighted by Gasteiger charge is -2.48. The summed E-state index contributed by atoms with van der Waals surface area (Å²) in [7, 11) is -3.59. The van der Waals surface area contributed by atoms with E-state index in [-0.39, 0.29) is 0 Å². The number of rotatable bonds is 4. The molecular formula is C17H26N2O3S. The number of likely N-dealkylation sites (tertiary alicyclic amines) is 1. The van der Waals surface area contributed by atoms with Gasteiger partial charge in [0.1, 0.15) is 0 Å². The van der Waals surface area contributed by atoms with Crippen molar-refractivity contribution >= 4 is 15.7 Å². The van der Waals surface area contributed by atoms with E-state index >= 15 is 0 Å². The highest BCUT2D eigenvalue weighted by Crippen LogP contribution is 2.55. The van der Waals surface area contributed by atoms with E-state index in [1.165, 1.54) is 12.8 Å². The molecule has 5 nitrogen and oxygen atoms in total. The largest absolute Gasteiger partial charge is 0.369 e. The number of nitrogens with zero attached hydrogens (tertiary/aromatic N) is 1. The van der Waals surface area contributed by atoms with Crippen LogP contribution in [0.4, 0.5) is 0 Å². The summed E-state index contributed by atoms with van der Waals surface area (Å²) in [4.78, 5) is 12.7. The third-order valence-electron chi connectivity index (χ3n) is 5.85. The minimum Gasteiger partial charge on any atom is -0.369 e. The third kappa shape index (κ3) is 2.47. The number of allylic oxidation sites excluding steroid dienone is 2. The summed E-state index contributed by atoms with van der Waals surface area (Å²) >= 11 is 0. The average Bonchev–Trinajstić information content (AvgIpc) is 3.26. The maximum atomic E-state index is 13.3. The number of nitrogens with two attached hydrogens (primary N) is 1. The molecule has 1 amide bonds. The van der Waals surface area contributed by atoms with Gasteiger partial charge >= 0.3 is 0 Å². The molecule has 0 aromatic carbocycles. The molecule has 1 aliphatic heterocycles. The van der Waals surface area contributed by atoms with E-state index in [4.69, 9.17) is 5.73 Å². The Morgan fingerprint density at radius 1 is 1.17 bits per heavy atom. The monoisotopic (exact) mass is 338 g/mol. The summed E-state index contributed by atoms with van der Waals surface area (Å²) in [5.41, 5.74) is 6.04. The van der Waals surface area contributed by atoms with Crippen LogP contribution in [0.5, 0.6) is 0 Å². The second-order valence-electron chi connectivity index (χ2n) is 7.46. The maximum Gasteiger partial charge on any atom is 0.227 e. The zero-order valence-corrected chi connectivity index (χ0v) is 14.7. The van der Waals surface area contributed by atoms with Gasteiger partial charge in [0.05, 0.1) is 11.2 Å². The van der Waals surface area contributed by atoms with Gasteiger partial charge in [-0.2, -0.15) is 0 Å². The minimum absolute atomic E-state index is 0.440. The molecule has 0 bridgehead atoms. The average molecular weight is 338 g/mol. The molecule has 0 radical (unpaired) electrons. The van der Waals surface area contributed by atoms with Crippen molar-refractivity contribution in [3.05, 3.63) is 24.3 Å². The first-order valence-electron chi connectivity index (χ1n) is 8.39. The SMILES string of the molecule is CC(C)S(=O)(=O)C1(N2CCC3(CC2)CC3)C=CC=CC1C(N)=O. The molecule has 1 saturated heterocycles. The van der Waals surface area contributed by atoms with E-state index < -0.39 is 31.8 Å². The third-order valence-corrected chi connectivity index (χ3v) is 8.65. The lowest BCUT2D eigenvalue weighted by molar-refractivity contribution is -0.122. The van der Waals surface area contributed by atoms with Gasteiger partial charge in [0.15, 0.2) is 14.7 Å². The maximum absolute atomic E-state index is 13.3. The predicted octanol–water partition coefficient (Wildman–Crippen LogP) is 1.61. The fraction of sp³-hybridized carbons (Fsp3) is 0.706. The van der Waals surface area contributed by atoms with Gasteiger partial charge in [0.25, 0.3) is 0 Å². The molecule has 0 aromatic heterocycles. The molecule has 23 heavy (non-hydrogen) atoms. The molecule has 0 aromatic rings. The van der Waals surface area contributed by atoms with E-state index in [9.17, 15) is 13.2 Å². The number of carbonyl (C=O) groups is 1. The van der Waals surface area contributed by atoms with Gasteiger partial charge in [-0.1, -0.05) is 18.2 Å². The Kier molecular flexibility index (Phi) is 3.96. The Bertz CT molecular complexity index is 651. The molecule has 1 saturated carbocycles. The molecule has 1 heterocycles.